The summed E-state index contributed by atoms with van der Waals surface area (Å²) < 4.78 is 1.11. The molecule has 1 saturated carbocycles. The molecule has 5 nitrogen and oxygen atoms in total. The highest BCUT2D eigenvalue weighted by Crippen LogP contribution is 2.32. The van der Waals surface area contributed by atoms with Crippen LogP contribution in [0.15, 0.2) is 12.1 Å². The van der Waals surface area contributed by atoms with E-state index in [9.17, 15) is 4.79 Å². The van der Waals surface area contributed by atoms with Gasteiger partial charge < -0.3 is 15.1 Å². The second-order valence-electron chi connectivity index (χ2n) is 7.03. The Balaban J connectivity index is 1.59. The van der Waals surface area contributed by atoms with Crippen LogP contribution in [0, 0.1) is 6.92 Å². The number of hydrogen-bond acceptors (Lipinski definition) is 5. The Bertz CT molecular complexity index is 760. The Labute approximate surface area is 146 Å². The fourth-order valence-electron chi connectivity index (χ4n) is 3.27. The van der Waals surface area contributed by atoms with Crippen LogP contribution in [0.4, 0.5) is 5.13 Å². The summed E-state index contributed by atoms with van der Waals surface area (Å²) in [6.45, 7) is 6.23. The van der Waals surface area contributed by atoms with Gasteiger partial charge in [-0.15, -0.1) is 0 Å². The Morgan fingerprint density at radius 2 is 2.00 bits per heavy atom. The number of rotatable bonds is 3. The average molecular weight is 344 g/mol. The third-order valence-corrected chi connectivity index (χ3v) is 6.21. The van der Waals surface area contributed by atoms with E-state index in [1.54, 1.807) is 11.3 Å². The topological polar surface area (TPSA) is 48.5 Å². The lowest BCUT2D eigenvalue weighted by Crippen LogP contribution is -2.44. The number of aromatic nitrogens is 1. The van der Waals surface area contributed by atoms with Crippen LogP contribution in [-0.2, 0) is 0 Å². The number of thiazole rings is 1. The monoisotopic (exact) mass is 344 g/mol. The van der Waals surface area contributed by atoms with Crippen LogP contribution in [0.25, 0.3) is 10.2 Å². The highest BCUT2D eigenvalue weighted by atomic mass is 32.1. The Morgan fingerprint density at radius 1 is 1.25 bits per heavy atom. The number of carbonyl (C=O) groups is 1. The van der Waals surface area contributed by atoms with E-state index < -0.39 is 0 Å². The molecular weight excluding hydrogens is 320 g/mol. The van der Waals surface area contributed by atoms with Crippen LogP contribution in [0.2, 0.25) is 0 Å². The van der Waals surface area contributed by atoms with Crippen LogP contribution in [0.3, 0.4) is 0 Å². The van der Waals surface area contributed by atoms with Gasteiger partial charge in [-0.1, -0.05) is 11.3 Å². The predicted molar refractivity (Wildman–Crippen MR) is 99.2 cm³/mol. The summed E-state index contributed by atoms with van der Waals surface area (Å²) in [5.74, 6) is 0.0549. The van der Waals surface area contributed by atoms with Gasteiger partial charge in [0.25, 0.3) is 5.91 Å². The smallest absolute Gasteiger partial charge is 0.251 e. The number of benzene rings is 1. The third-order valence-electron chi connectivity index (χ3n) is 5.15. The van der Waals surface area contributed by atoms with Gasteiger partial charge in [-0.2, -0.15) is 0 Å². The summed E-state index contributed by atoms with van der Waals surface area (Å²) in [4.78, 5) is 22.0. The van der Waals surface area contributed by atoms with E-state index in [0.717, 1.165) is 65.5 Å². The number of nitrogens with zero attached hydrogens (tertiary/aromatic N) is 3. The van der Waals surface area contributed by atoms with E-state index in [1.165, 1.54) is 6.42 Å². The molecular formula is C18H24N4OS. The summed E-state index contributed by atoms with van der Waals surface area (Å²) in [7, 11) is 2.16. The largest absolute Gasteiger partial charge is 0.349 e. The lowest BCUT2D eigenvalue weighted by atomic mass is 9.93. The van der Waals surface area contributed by atoms with Crippen molar-refractivity contribution in [3.63, 3.8) is 0 Å². The first-order chi connectivity index (χ1) is 11.6. The number of aryl methyl sites for hydroxylation is 1. The zero-order valence-corrected chi connectivity index (χ0v) is 15.2. The second-order valence-corrected chi connectivity index (χ2v) is 8.04. The molecule has 128 valence electrons. The minimum absolute atomic E-state index is 0.0549. The number of fused-ring (bicyclic) bond motifs is 1. The summed E-state index contributed by atoms with van der Waals surface area (Å²) in [5, 5.41) is 4.21. The number of carbonyl (C=O) groups excluding carboxylic acids is 1. The Hall–Kier alpha value is -1.66. The van der Waals surface area contributed by atoms with Crippen LogP contribution in [0.1, 0.15) is 35.2 Å². The van der Waals surface area contributed by atoms with Crippen LogP contribution in [0.5, 0.6) is 0 Å². The average Bonchev–Trinajstić information content (AvgIpc) is 2.96. The van der Waals surface area contributed by atoms with Gasteiger partial charge in [-0.3, -0.25) is 4.79 Å². The number of piperazine rings is 1. The molecule has 0 unspecified atom stereocenters. The predicted octanol–water partition coefficient (Wildman–Crippen LogP) is 2.64. The molecule has 1 N–H and O–H groups in total. The molecule has 2 fully saturated rings. The summed E-state index contributed by atoms with van der Waals surface area (Å²) in [6.07, 6.45) is 3.45. The number of amides is 1. The van der Waals surface area contributed by atoms with Crippen LogP contribution < -0.4 is 10.2 Å². The molecule has 2 aliphatic rings. The highest BCUT2D eigenvalue weighted by Gasteiger charge is 2.22. The maximum absolute atomic E-state index is 12.4. The van der Waals surface area contributed by atoms with E-state index in [-0.39, 0.29) is 5.91 Å². The van der Waals surface area contributed by atoms with Crippen molar-refractivity contribution in [3.05, 3.63) is 23.3 Å². The van der Waals surface area contributed by atoms with Gasteiger partial charge >= 0.3 is 0 Å². The molecule has 2 aromatic rings. The van der Waals surface area contributed by atoms with E-state index in [1.807, 2.05) is 12.1 Å². The van der Waals surface area contributed by atoms with E-state index in [0.29, 0.717) is 6.04 Å². The second kappa shape index (κ2) is 6.33. The molecule has 6 heteroatoms. The molecule has 0 atom stereocenters. The molecule has 1 aliphatic carbocycles. The lowest BCUT2D eigenvalue weighted by Gasteiger charge is -2.32. The first kappa shape index (κ1) is 15.8. The van der Waals surface area contributed by atoms with Crippen molar-refractivity contribution in [1.29, 1.82) is 0 Å². The van der Waals surface area contributed by atoms with E-state index >= 15 is 0 Å². The Morgan fingerprint density at radius 3 is 2.67 bits per heavy atom. The lowest BCUT2D eigenvalue weighted by molar-refractivity contribution is 0.0917. The molecule has 1 aromatic heterocycles. The first-order valence-corrected chi connectivity index (χ1v) is 9.57. The molecule has 24 heavy (non-hydrogen) atoms. The molecule has 1 aromatic carbocycles. The third kappa shape index (κ3) is 3.00. The van der Waals surface area contributed by atoms with Gasteiger partial charge in [0.1, 0.15) is 0 Å². The van der Waals surface area contributed by atoms with E-state index in [4.69, 9.17) is 4.98 Å². The highest BCUT2D eigenvalue weighted by molar-refractivity contribution is 7.22. The first-order valence-electron chi connectivity index (χ1n) is 8.76. The van der Waals surface area contributed by atoms with Gasteiger partial charge in [0.15, 0.2) is 5.13 Å². The van der Waals surface area contributed by atoms with Crippen molar-refractivity contribution in [2.75, 3.05) is 38.1 Å². The van der Waals surface area contributed by atoms with E-state index in [2.05, 4.69) is 29.1 Å². The molecule has 0 bridgehead atoms. The van der Waals surface area contributed by atoms with Crippen molar-refractivity contribution < 1.29 is 4.79 Å². The number of anilines is 1. The molecule has 0 spiro atoms. The molecule has 1 amide bonds. The number of nitrogens with one attached hydrogen (secondary N) is 1. The van der Waals surface area contributed by atoms with Crippen molar-refractivity contribution in [2.24, 2.45) is 0 Å². The summed E-state index contributed by atoms with van der Waals surface area (Å²) in [6, 6.07) is 4.35. The molecule has 4 rings (SSSR count). The molecule has 2 heterocycles. The van der Waals surface area contributed by atoms with Crippen molar-refractivity contribution in [2.45, 2.75) is 32.2 Å². The van der Waals surface area contributed by atoms with Crippen molar-refractivity contribution in [3.8, 4) is 0 Å². The minimum atomic E-state index is 0.0549. The molecule has 1 aliphatic heterocycles. The standard InChI is InChI=1S/C18H24N4OS/c1-12-10-13(17(23)19-14-4-3-5-14)11-15-16(12)20-18(24-15)22-8-6-21(2)7-9-22/h10-11,14H,3-9H2,1-2H3,(H,19,23). The number of likely N-dealkylation sites (N-methyl/N-ethyl adjacent to an activating group) is 1. The molecule has 1 saturated heterocycles. The van der Waals surface area contributed by atoms with Crippen molar-refractivity contribution >= 4 is 32.6 Å². The minimum Gasteiger partial charge on any atom is -0.349 e. The van der Waals surface area contributed by atoms with Crippen LogP contribution >= 0.6 is 11.3 Å². The van der Waals surface area contributed by atoms with Gasteiger partial charge in [-0.05, 0) is 50.9 Å². The zero-order chi connectivity index (χ0) is 16.7. The number of hydrogen-bond donors (Lipinski definition) is 1. The van der Waals surface area contributed by atoms with Gasteiger partial charge in [0, 0.05) is 37.8 Å². The fourth-order valence-corrected chi connectivity index (χ4v) is 4.40. The quantitative estimate of drug-likeness (QED) is 0.930. The summed E-state index contributed by atoms with van der Waals surface area (Å²) >= 11 is 1.71. The molecule has 0 radical (unpaired) electrons. The maximum Gasteiger partial charge on any atom is 0.251 e. The van der Waals surface area contributed by atoms with Crippen LogP contribution in [-0.4, -0.2) is 55.1 Å². The van der Waals surface area contributed by atoms with Gasteiger partial charge in [0.05, 0.1) is 10.2 Å². The SMILES string of the molecule is Cc1cc(C(=O)NC2CCC2)cc2sc(N3CCN(C)CC3)nc12. The fraction of sp³-hybridized carbons (Fsp3) is 0.556. The summed E-state index contributed by atoms with van der Waals surface area (Å²) in [5.41, 5.74) is 2.89. The van der Waals surface area contributed by atoms with Crippen molar-refractivity contribution in [1.82, 2.24) is 15.2 Å². The zero-order valence-electron chi connectivity index (χ0n) is 14.3. The van der Waals surface area contributed by atoms with Gasteiger partial charge in [-0.25, -0.2) is 4.98 Å². The van der Waals surface area contributed by atoms with Gasteiger partial charge in [0.2, 0.25) is 0 Å². The maximum atomic E-state index is 12.4. The Kier molecular flexibility index (Phi) is 4.18. The normalized spacial score (nSPS) is 19.5.